The highest BCUT2D eigenvalue weighted by Crippen LogP contribution is 2.26. The van der Waals surface area contributed by atoms with Crippen molar-refractivity contribution in [1.29, 1.82) is 0 Å². The Balaban J connectivity index is 1.45. The Labute approximate surface area is 173 Å². The molecule has 0 bridgehead atoms. The number of anilines is 1. The fraction of sp³-hybridized carbons (Fsp3) is 0.130. The first-order chi connectivity index (χ1) is 14.0. The van der Waals surface area contributed by atoms with Crippen LogP contribution in [0, 0.1) is 6.92 Å². The zero-order valence-corrected chi connectivity index (χ0v) is 16.9. The Morgan fingerprint density at radius 2 is 1.86 bits per heavy atom. The van der Waals surface area contributed by atoms with Gasteiger partial charge < -0.3 is 14.6 Å². The lowest BCUT2D eigenvalue weighted by Crippen LogP contribution is -2.20. The van der Waals surface area contributed by atoms with Gasteiger partial charge in [-0.3, -0.25) is 4.79 Å². The number of carbonyl (C=O) groups is 1. The highest BCUT2D eigenvalue weighted by Gasteiger charge is 2.11. The van der Waals surface area contributed by atoms with E-state index in [0.29, 0.717) is 16.5 Å². The van der Waals surface area contributed by atoms with Crippen molar-refractivity contribution in [2.75, 3.05) is 11.9 Å². The third-order valence-corrected chi connectivity index (χ3v) is 4.96. The molecule has 0 radical (unpaired) electrons. The van der Waals surface area contributed by atoms with Crippen molar-refractivity contribution in [2.45, 2.75) is 6.92 Å². The quantitative estimate of drug-likeness (QED) is 0.495. The number of carbonyl (C=O) groups excluding carboxylic acids is 1. The average Bonchev–Trinajstić information content (AvgIpc) is 3.04. The second-order valence-corrected chi connectivity index (χ2v) is 7.24. The predicted octanol–water partition coefficient (Wildman–Crippen LogP) is 5.22. The molecule has 0 spiro atoms. The summed E-state index contributed by atoms with van der Waals surface area (Å²) in [5, 5.41) is 3.53. The SMILES string of the molecule is Cc1ccccc1OCC(=O)Nc1ccc(-c2nc3ccc(Cl)cc3n2C)cc1. The number of nitrogens with zero attached hydrogens (tertiary/aromatic N) is 2. The van der Waals surface area contributed by atoms with Crippen LogP contribution < -0.4 is 10.1 Å². The van der Waals surface area contributed by atoms with Crippen molar-refractivity contribution in [1.82, 2.24) is 9.55 Å². The number of aromatic nitrogens is 2. The maximum Gasteiger partial charge on any atom is 0.262 e. The van der Waals surface area contributed by atoms with Gasteiger partial charge in [-0.15, -0.1) is 0 Å². The molecule has 29 heavy (non-hydrogen) atoms. The molecule has 4 rings (SSSR count). The van der Waals surface area contributed by atoms with Crippen LogP contribution in [-0.4, -0.2) is 22.1 Å². The minimum absolute atomic E-state index is 0.0435. The van der Waals surface area contributed by atoms with Gasteiger partial charge in [0.25, 0.3) is 5.91 Å². The number of benzene rings is 3. The van der Waals surface area contributed by atoms with E-state index in [1.807, 2.05) is 85.3 Å². The van der Waals surface area contributed by atoms with Gasteiger partial charge in [0.2, 0.25) is 0 Å². The van der Waals surface area contributed by atoms with Crippen molar-refractivity contribution in [2.24, 2.45) is 7.05 Å². The van der Waals surface area contributed by atoms with Gasteiger partial charge in [-0.25, -0.2) is 4.98 Å². The standard InChI is InChI=1S/C23H20ClN3O2/c1-15-5-3-4-6-21(15)29-14-22(28)25-18-10-7-16(8-11-18)23-26-19-12-9-17(24)13-20(19)27(23)2/h3-13H,14H2,1-2H3,(H,25,28). The normalized spacial score (nSPS) is 10.9. The van der Waals surface area contributed by atoms with Crippen molar-refractivity contribution < 1.29 is 9.53 Å². The van der Waals surface area contributed by atoms with Gasteiger partial charge in [0, 0.05) is 23.3 Å². The van der Waals surface area contributed by atoms with Crippen LogP contribution in [0.5, 0.6) is 5.75 Å². The van der Waals surface area contributed by atoms with Gasteiger partial charge in [-0.05, 0) is 61.0 Å². The van der Waals surface area contributed by atoms with Gasteiger partial charge in [-0.2, -0.15) is 0 Å². The first-order valence-corrected chi connectivity index (χ1v) is 9.60. The van der Waals surface area contributed by atoms with E-state index in [0.717, 1.165) is 28.0 Å². The number of hydrogen-bond acceptors (Lipinski definition) is 3. The van der Waals surface area contributed by atoms with Gasteiger partial charge in [0.05, 0.1) is 11.0 Å². The minimum atomic E-state index is -0.210. The topological polar surface area (TPSA) is 56.1 Å². The van der Waals surface area contributed by atoms with Crippen molar-refractivity contribution >= 4 is 34.2 Å². The van der Waals surface area contributed by atoms with Crippen LogP contribution >= 0.6 is 11.6 Å². The van der Waals surface area contributed by atoms with Gasteiger partial charge >= 0.3 is 0 Å². The number of rotatable bonds is 5. The Morgan fingerprint density at radius 3 is 2.62 bits per heavy atom. The number of para-hydroxylation sites is 1. The molecule has 1 amide bonds. The van der Waals surface area contributed by atoms with E-state index < -0.39 is 0 Å². The van der Waals surface area contributed by atoms with Crippen molar-refractivity contribution in [3.63, 3.8) is 0 Å². The van der Waals surface area contributed by atoms with E-state index in [9.17, 15) is 4.79 Å². The number of fused-ring (bicyclic) bond motifs is 1. The van der Waals surface area contributed by atoms with E-state index in [-0.39, 0.29) is 12.5 Å². The first kappa shape index (κ1) is 19.0. The lowest BCUT2D eigenvalue weighted by Gasteiger charge is -2.10. The molecule has 6 heteroatoms. The maximum absolute atomic E-state index is 12.2. The zero-order chi connectivity index (χ0) is 20.4. The van der Waals surface area contributed by atoms with Crippen LogP contribution in [0.15, 0.2) is 66.7 Å². The van der Waals surface area contributed by atoms with Crippen molar-refractivity contribution in [3.8, 4) is 17.1 Å². The Bertz CT molecular complexity index is 1180. The van der Waals surface area contributed by atoms with E-state index in [1.54, 1.807) is 0 Å². The zero-order valence-electron chi connectivity index (χ0n) is 16.1. The van der Waals surface area contributed by atoms with Crippen LogP contribution in [0.3, 0.4) is 0 Å². The summed E-state index contributed by atoms with van der Waals surface area (Å²) >= 11 is 6.10. The molecule has 5 nitrogen and oxygen atoms in total. The number of ether oxygens (including phenoxy) is 1. The molecular formula is C23H20ClN3O2. The molecule has 3 aromatic carbocycles. The molecule has 0 atom stereocenters. The Kier molecular flexibility index (Phi) is 5.23. The van der Waals surface area contributed by atoms with E-state index in [4.69, 9.17) is 16.3 Å². The lowest BCUT2D eigenvalue weighted by atomic mass is 10.2. The number of halogens is 1. The fourth-order valence-corrected chi connectivity index (χ4v) is 3.35. The smallest absolute Gasteiger partial charge is 0.262 e. The van der Waals surface area contributed by atoms with Crippen LogP contribution in [0.4, 0.5) is 5.69 Å². The number of imidazole rings is 1. The summed E-state index contributed by atoms with van der Waals surface area (Å²) in [5.41, 5.74) is 4.51. The lowest BCUT2D eigenvalue weighted by molar-refractivity contribution is -0.118. The molecule has 0 aliphatic rings. The summed E-state index contributed by atoms with van der Waals surface area (Å²) in [5.74, 6) is 1.33. The van der Waals surface area contributed by atoms with Crippen LogP contribution in [-0.2, 0) is 11.8 Å². The third-order valence-electron chi connectivity index (χ3n) is 4.72. The number of nitrogens with one attached hydrogen (secondary N) is 1. The van der Waals surface area contributed by atoms with Crippen LogP contribution in [0.2, 0.25) is 5.02 Å². The highest BCUT2D eigenvalue weighted by atomic mass is 35.5. The second-order valence-electron chi connectivity index (χ2n) is 6.81. The monoisotopic (exact) mass is 405 g/mol. The summed E-state index contributed by atoms with van der Waals surface area (Å²) in [4.78, 5) is 16.9. The van der Waals surface area contributed by atoms with Crippen LogP contribution in [0.1, 0.15) is 5.56 Å². The molecule has 0 aliphatic heterocycles. The maximum atomic E-state index is 12.2. The van der Waals surface area contributed by atoms with Crippen LogP contribution in [0.25, 0.3) is 22.4 Å². The molecule has 1 N–H and O–H groups in total. The molecule has 0 saturated carbocycles. The second kappa shape index (κ2) is 7.97. The van der Waals surface area contributed by atoms with E-state index in [2.05, 4.69) is 10.3 Å². The molecule has 1 heterocycles. The molecule has 146 valence electrons. The Hall–Kier alpha value is -3.31. The first-order valence-electron chi connectivity index (χ1n) is 9.22. The largest absolute Gasteiger partial charge is 0.483 e. The third kappa shape index (κ3) is 4.10. The highest BCUT2D eigenvalue weighted by molar-refractivity contribution is 6.31. The Morgan fingerprint density at radius 1 is 1.10 bits per heavy atom. The molecule has 0 saturated heterocycles. The molecule has 4 aromatic rings. The molecule has 0 aliphatic carbocycles. The number of amides is 1. The summed E-state index contributed by atoms with van der Waals surface area (Å²) < 4.78 is 7.59. The van der Waals surface area contributed by atoms with E-state index >= 15 is 0 Å². The predicted molar refractivity (Wildman–Crippen MR) is 116 cm³/mol. The van der Waals surface area contributed by atoms with Gasteiger partial charge in [0.1, 0.15) is 11.6 Å². The number of hydrogen-bond donors (Lipinski definition) is 1. The average molecular weight is 406 g/mol. The number of aryl methyl sites for hydroxylation is 2. The summed E-state index contributed by atoms with van der Waals surface area (Å²) in [6.45, 7) is 1.90. The molecule has 0 unspecified atom stereocenters. The van der Waals surface area contributed by atoms with Gasteiger partial charge in [0.15, 0.2) is 6.61 Å². The molecule has 1 aromatic heterocycles. The van der Waals surface area contributed by atoms with E-state index in [1.165, 1.54) is 0 Å². The molecule has 0 fully saturated rings. The molecular weight excluding hydrogens is 386 g/mol. The van der Waals surface area contributed by atoms with Crippen molar-refractivity contribution in [3.05, 3.63) is 77.3 Å². The minimum Gasteiger partial charge on any atom is -0.483 e. The fourth-order valence-electron chi connectivity index (χ4n) is 3.18. The summed E-state index contributed by atoms with van der Waals surface area (Å²) in [6.07, 6.45) is 0. The van der Waals surface area contributed by atoms with Gasteiger partial charge in [-0.1, -0.05) is 29.8 Å². The summed E-state index contributed by atoms with van der Waals surface area (Å²) in [7, 11) is 1.96. The summed E-state index contributed by atoms with van der Waals surface area (Å²) in [6, 6.07) is 20.8.